The average Bonchev–Trinajstić information content (AvgIpc) is 2.40. The molecule has 5 nitrogen and oxygen atoms in total. The summed E-state index contributed by atoms with van der Waals surface area (Å²) in [6, 6.07) is -1.38. The molecule has 0 saturated carbocycles. The highest BCUT2D eigenvalue weighted by Gasteiger charge is 2.26. The van der Waals surface area contributed by atoms with Crippen LogP contribution in [0.1, 0.15) is 33.1 Å². The summed E-state index contributed by atoms with van der Waals surface area (Å²) in [6.07, 6.45) is 5.59. The summed E-state index contributed by atoms with van der Waals surface area (Å²) < 4.78 is 0.00843. The predicted octanol–water partition coefficient (Wildman–Crippen LogP) is 2.24. The minimum absolute atomic E-state index is 0.00843. The Hall–Kier alpha value is -1.17. The summed E-state index contributed by atoms with van der Waals surface area (Å²) in [7, 11) is 0. The van der Waals surface area contributed by atoms with Crippen molar-refractivity contribution in [3.05, 3.63) is 12.7 Å². The molecule has 6 heteroatoms. The van der Waals surface area contributed by atoms with Crippen LogP contribution in [0.4, 0.5) is 4.79 Å². The Kier molecular flexibility index (Phi) is 8.30. The molecule has 1 atom stereocenters. The minimum atomic E-state index is -1.06. The fraction of sp³-hybridized carbons (Fsp3) is 0.692. The second kappa shape index (κ2) is 8.85. The van der Waals surface area contributed by atoms with Gasteiger partial charge in [-0.2, -0.15) is 11.8 Å². The summed E-state index contributed by atoms with van der Waals surface area (Å²) in [4.78, 5) is 22.6. The van der Waals surface area contributed by atoms with Gasteiger partial charge in [0, 0.05) is 11.3 Å². The van der Waals surface area contributed by atoms with E-state index in [0.29, 0.717) is 6.54 Å². The fourth-order valence-electron chi connectivity index (χ4n) is 1.70. The highest BCUT2D eigenvalue weighted by Crippen LogP contribution is 2.29. The predicted molar refractivity (Wildman–Crippen MR) is 79.6 cm³/mol. The molecule has 0 aliphatic heterocycles. The van der Waals surface area contributed by atoms with Crippen molar-refractivity contribution in [3.8, 4) is 0 Å². The van der Waals surface area contributed by atoms with Gasteiger partial charge in [0.1, 0.15) is 6.04 Å². The maximum atomic E-state index is 11.7. The largest absolute Gasteiger partial charge is 0.480 e. The molecule has 3 N–H and O–H groups in total. The number of carbonyl (C=O) groups excluding carboxylic acids is 1. The summed E-state index contributed by atoms with van der Waals surface area (Å²) in [5.41, 5.74) is 0. The van der Waals surface area contributed by atoms with Gasteiger partial charge < -0.3 is 15.7 Å². The van der Waals surface area contributed by atoms with Crippen LogP contribution in [0.25, 0.3) is 0 Å². The molecule has 0 aromatic carbocycles. The van der Waals surface area contributed by atoms with Crippen LogP contribution in [-0.4, -0.2) is 40.7 Å². The lowest BCUT2D eigenvalue weighted by Gasteiger charge is -2.30. The van der Waals surface area contributed by atoms with Crippen molar-refractivity contribution in [2.24, 2.45) is 0 Å². The van der Waals surface area contributed by atoms with E-state index in [1.165, 1.54) is 6.08 Å². The monoisotopic (exact) mass is 288 g/mol. The molecule has 0 heterocycles. The molecule has 0 aliphatic carbocycles. The summed E-state index contributed by atoms with van der Waals surface area (Å²) >= 11 is 1.72. The van der Waals surface area contributed by atoms with Crippen LogP contribution in [0.3, 0.4) is 0 Å². The number of aliphatic carboxylic acids is 1. The van der Waals surface area contributed by atoms with Gasteiger partial charge >= 0.3 is 12.0 Å². The molecule has 0 spiro atoms. The molecular formula is C13H24N2O3S. The summed E-state index contributed by atoms with van der Waals surface area (Å²) in [5, 5.41) is 14.1. The number of carbonyl (C=O) groups is 2. The van der Waals surface area contributed by atoms with E-state index in [1.807, 2.05) is 6.26 Å². The first kappa shape index (κ1) is 17.8. The number of hydrogen-bond acceptors (Lipinski definition) is 3. The van der Waals surface area contributed by atoms with E-state index in [4.69, 9.17) is 5.11 Å². The Bertz CT molecular complexity index is 309. The molecule has 2 amide bonds. The Morgan fingerprint density at radius 3 is 2.37 bits per heavy atom. The van der Waals surface area contributed by atoms with Gasteiger partial charge in [-0.15, -0.1) is 6.58 Å². The standard InChI is InChI=1S/C13H24N2O3S/c1-5-8-10(11(16)17)15-12(18)14-9-13(6-2,7-3)19-4/h5,10H,1,6-9H2,2-4H3,(H,16,17)(H2,14,15,18). The van der Waals surface area contributed by atoms with Gasteiger partial charge in [-0.3, -0.25) is 0 Å². The molecule has 0 radical (unpaired) electrons. The zero-order chi connectivity index (χ0) is 14.9. The molecule has 1 unspecified atom stereocenters. The van der Waals surface area contributed by atoms with Crippen LogP contribution in [0, 0.1) is 0 Å². The fourth-order valence-corrected chi connectivity index (χ4v) is 2.49. The molecule has 0 aromatic heterocycles. The quantitative estimate of drug-likeness (QED) is 0.569. The minimum Gasteiger partial charge on any atom is -0.480 e. The number of nitrogens with one attached hydrogen (secondary N) is 2. The van der Waals surface area contributed by atoms with E-state index >= 15 is 0 Å². The number of rotatable bonds is 9. The summed E-state index contributed by atoms with van der Waals surface area (Å²) in [5.74, 6) is -1.06. The van der Waals surface area contributed by atoms with Crippen LogP contribution >= 0.6 is 11.8 Å². The third kappa shape index (κ3) is 6.00. The SMILES string of the molecule is C=CCC(NC(=O)NCC(CC)(CC)SC)C(=O)O. The third-order valence-corrected chi connectivity index (χ3v) is 4.89. The second-order valence-electron chi connectivity index (χ2n) is 4.34. The van der Waals surface area contributed by atoms with Crippen molar-refractivity contribution >= 4 is 23.8 Å². The molecule has 19 heavy (non-hydrogen) atoms. The van der Waals surface area contributed by atoms with E-state index in [0.717, 1.165) is 12.8 Å². The first-order chi connectivity index (χ1) is 8.94. The third-order valence-electron chi connectivity index (χ3n) is 3.30. The maximum Gasteiger partial charge on any atom is 0.326 e. The average molecular weight is 288 g/mol. The lowest BCUT2D eigenvalue weighted by molar-refractivity contribution is -0.139. The molecule has 0 aliphatic rings. The topological polar surface area (TPSA) is 78.4 Å². The molecular weight excluding hydrogens is 264 g/mol. The number of urea groups is 1. The Morgan fingerprint density at radius 2 is 2.00 bits per heavy atom. The van der Waals surface area contributed by atoms with E-state index in [9.17, 15) is 9.59 Å². The van der Waals surface area contributed by atoms with Crippen LogP contribution in [-0.2, 0) is 4.79 Å². The molecule has 0 saturated heterocycles. The first-order valence-electron chi connectivity index (χ1n) is 6.37. The summed E-state index contributed by atoms with van der Waals surface area (Å²) in [6.45, 7) is 8.16. The van der Waals surface area contributed by atoms with Crippen molar-refractivity contribution < 1.29 is 14.7 Å². The van der Waals surface area contributed by atoms with E-state index in [2.05, 4.69) is 31.1 Å². The lowest BCUT2D eigenvalue weighted by atomic mass is 10.0. The number of hydrogen-bond donors (Lipinski definition) is 3. The highest BCUT2D eigenvalue weighted by molar-refractivity contribution is 8.00. The molecule has 0 rings (SSSR count). The lowest BCUT2D eigenvalue weighted by Crippen LogP contribution is -2.49. The van der Waals surface area contributed by atoms with Gasteiger partial charge in [0.15, 0.2) is 0 Å². The van der Waals surface area contributed by atoms with Crippen molar-refractivity contribution in [1.29, 1.82) is 0 Å². The van der Waals surface area contributed by atoms with Gasteiger partial charge in [-0.05, 0) is 25.5 Å². The van der Waals surface area contributed by atoms with Crippen LogP contribution in [0.2, 0.25) is 0 Å². The Morgan fingerprint density at radius 1 is 1.42 bits per heavy atom. The zero-order valence-corrected chi connectivity index (χ0v) is 12.7. The van der Waals surface area contributed by atoms with Crippen LogP contribution in [0.15, 0.2) is 12.7 Å². The van der Waals surface area contributed by atoms with Crippen LogP contribution in [0.5, 0.6) is 0 Å². The van der Waals surface area contributed by atoms with Gasteiger partial charge in [0.25, 0.3) is 0 Å². The number of carboxylic acid groups (broad SMARTS) is 1. The Balaban J connectivity index is 4.37. The molecule has 0 fully saturated rings. The highest BCUT2D eigenvalue weighted by atomic mass is 32.2. The molecule has 110 valence electrons. The normalized spacial score (nSPS) is 12.6. The van der Waals surface area contributed by atoms with E-state index < -0.39 is 18.0 Å². The van der Waals surface area contributed by atoms with Crippen molar-refractivity contribution in [3.63, 3.8) is 0 Å². The van der Waals surface area contributed by atoms with Gasteiger partial charge in [-0.1, -0.05) is 19.9 Å². The van der Waals surface area contributed by atoms with E-state index in [-0.39, 0.29) is 11.2 Å². The molecule has 0 aromatic rings. The first-order valence-corrected chi connectivity index (χ1v) is 7.60. The van der Waals surface area contributed by atoms with Gasteiger partial charge in [0.05, 0.1) is 0 Å². The number of thioether (sulfide) groups is 1. The maximum absolute atomic E-state index is 11.7. The van der Waals surface area contributed by atoms with Gasteiger partial charge in [-0.25, -0.2) is 9.59 Å². The van der Waals surface area contributed by atoms with Crippen molar-refractivity contribution in [1.82, 2.24) is 10.6 Å². The zero-order valence-electron chi connectivity index (χ0n) is 11.9. The van der Waals surface area contributed by atoms with Crippen molar-refractivity contribution in [2.75, 3.05) is 12.8 Å². The number of carboxylic acids is 1. The van der Waals surface area contributed by atoms with Crippen molar-refractivity contribution in [2.45, 2.75) is 43.9 Å². The molecule has 0 bridgehead atoms. The Labute approximate surface area is 119 Å². The second-order valence-corrected chi connectivity index (χ2v) is 5.61. The van der Waals surface area contributed by atoms with Crippen LogP contribution < -0.4 is 10.6 Å². The number of amides is 2. The van der Waals surface area contributed by atoms with Gasteiger partial charge in [0.2, 0.25) is 0 Å². The van der Waals surface area contributed by atoms with E-state index in [1.54, 1.807) is 11.8 Å². The smallest absolute Gasteiger partial charge is 0.326 e.